The number of nitrogens with zero attached hydrogens (tertiary/aromatic N) is 2. The molecule has 1 aliphatic heterocycles. The van der Waals surface area contributed by atoms with Gasteiger partial charge >= 0.3 is 0 Å². The van der Waals surface area contributed by atoms with E-state index in [-0.39, 0.29) is 5.54 Å². The number of rotatable bonds is 2. The molecule has 2 aromatic heterocycles. The highest BCUT2D eigenvalue weighted by Gasteiger charge is 2.35. The number of H-pyrrole nitrogens is 1. The van der Waals surface area contributed by atoms with E-state index in [4.69, 9.17) is 4.74 Å². The molecular weight excluding hydrogens is 288 g/mol. The molecule has 5 nitrogen and oxygen atoms in total. The number of hydrogen-bond acceptors (Lipinski definition) is 4. The van der Waals surface area contributed by atoms with E-state index in [0.29, 0.717) is 0 Å². The summed E-state index contributed by atoms with van der Waals surface area (Å²) in [5.41, 5.74) is 5.92. The van der Waals surface area contributed by atoms with E-state index < -0.39 is 0 Å². The highest BCUT2D eigenvalue weighted by molar-refractivity contribution is 6.06. The number of ether oxygens (including phenoxy) is 1. The number of aromatic amines is 1. The number of nitrogens with one attached hydrogen (secondary N) is 2. The fourth-order valence-corrected chi connectivity index (χ4v) is 3.19. The molecule has 0 fully saturated rings. The van der Waals surface area contributed by atoms with Gasteiger partial charge in [-0.15, -0.1) is 0 Å². The Bertz CT molecular complexity index is 924. The summed E-state index contributed by atoms with van der Waals surface area (Å²) in [6, 6.07) is 5.99. The molecule has 5 heteroatoms. The molecule has 1 aliphatic rings. The van der Waals surface area contributed by atoms with E-state index in [1.54, 1.807) is 19.5 Å². The maximum atomic E-state index is 5.42. The van der Waals surface area contributed by atoms with E-state index in [0.717, 1.165) is 33.7 Å². The van der Waals surface area contributed by atoms with E-state index >= 15 is 0 Å². The lowest BCUT2D eigenvalue weighted by Crippen LogP contribution is -2.26. The first-order valence-electron chi connectivity index (χ1n) is 7.56. The van der Waals surface area contributed by atoms with Crippen molar-refractivity contribution in [1.82, 2.24) is 15.0 Å². The number of benzene rings is 1. The van der Waals surface area contributed by atoms with E-state index in [1.807, 2.05) is 18.3 Å². The van der Waals surface area contributed by atoms with Crippen LogP contribution in [0.25, 0.3) is 22.7 Å². The van der Waals surface area contributed by atoms with Gasteiger partial charge in [0.15, 0.2) is 0 Å². The fourth-order valence-electron chi connectivity index (χ4n) is 3.19. The maximum Gasteiger partial charge on any atom is 0.143 e. The van der Waals surface area contributed by atoms with Crippen LogP contribution in [-0.4, -0.2) is 27.6 Å². The topological polar surface area (TPSA) is 62.8 Å². The predicted molar refractivity (Wildman–Crippen MR) is 92.5 cm³/mol. The number of methoxy groups -OCH3 is 1. The van der Waals surface area contributed by atoms with Crippen molar-refractivity contribution in [3.63, 3.8) is 0 Å². The lowest BCUT2D eigenvalue weighted by molar-refractivity contribution is 0.414. The Morgan fingerprint density at radius 2 is 1.96 bits per heavy atom. The SMILES string of the molecule is COc1cc[nH]c1C=C1c2c(ccc3nccnc23)NC1(C)C. The Morgan fingerprint density at radius 1 is 1.13 bits per heavy atom. The van der Waals surface area contributed by atoms with Crippen LogP contribution in [0.15, 0.2) is 36.8 Å². The molecule has 0 unspecified atom stereocenters. The molecule has 0 radical (unpaired) electrons. The highest BCUT2D eigenvalue weighted by atomic mass is 16.5. The second-order valence-electron chi connectivity index (χ2n) is 6.18. The van der Waals surface area contributed by atoms with Crippen LogP contribution in [0.1, 0.15) is 25.1 Å². The number of hydrogen-bond donors (Lipinski definition) is 2. The van der Waals surface area contributed by atoms with Crippen LogP contribution in [0, 0.1) is 0 Å². The van der Waals surface area contributed by atoms with Crippen molar-refractivity contribution in [2.75, 3.05) is 12.4 Å². The minimum Gasteiger partial charge on any atom is -0.495 e. The smallest absolute Gasteiger partial charge is 0.143 e. The monoisotopic (exact) mass is 306 g/mol. The molecule has 116 valence electrons. The third-order valence-electron chi connectivity index (χ3n) is 4.28. The van der Waals surface area contributed by atoms with Gasteiger partial charge < -0.3 is 15.0 Å². The molecule has 2 N–H and O–H groups in total. The average molecular weight is 306 g/mol. The Morgan fingerprint density at radius 3 is 2.78 bits per heavy atom. The van der Waals surface area contributed by atoms with Crippen LogP contribution in [0.5, 0.6) is 5.75 Å². The van der Waals surface area contributed by atoms with Crippen LogP contribution in [-0.2, 0) is 0 Å². The molecule has 3 aromatic rings. The molecule has 0 spiro atoms. The van der Waals surface area contributed by atoms with E-state index in [2.05, 4.69) is 46.3 Å². The lowest BCUT2D eigenvalue weighted by Gasteiger charge is -2.21. The van der Waals surface area contributed by atoms with Crippen molar-refractivity contribution in [1.29, 1.82) is 0 Å². The highest BCUT2D eigenvalue weighted by Crippen LogP contribution is 2.45. The van der Waals surface area contributed by atoms with Crippen molar-refractivity contribution >= 4 is 28.4 Å². The van der Waals surface area contributed by atoms with Gasteiger partial charge in [0.05, 0.1) is 29.4 Å². The van der Waals surface area contributed by atoms with Gasteiger partial charge in [-0.2, -0.15) is 0 Å². The summed E-state index contributed by atoms with van der Waals surface area (Å²) in [4.78, 5) is 12.2. The molecule has 4 rings (SSSR count). The van der Waals surface area contributed by atoms with Gasteiger partial charge in [-0.05, 0) is 43.7 Å². The molecule has 0 bridgehead atoms. The molecule has 0 atom stereocenters. The van der Waals surface area contributed by atoms with Gasteiger partial charge in [-0.1, -0.05) is 0 Å². The van der Waals surface area contributed by atoms with Crippen LogP contribution in [0.3, 0.4) is 0 Å². The molecule has 0 saturated heterocycles. The largest absolute Gasteiger partial charge is 0.495 e. The summed E-state index contributed by atoms with van der Waals surface area (Å²) in [5.74, 6) is 0.827. The zero-order valence-corrected chi connectivity index (χ0v) is 13.3. The minimum atomic E-state index is -0.204. The molecule has 0 aliphatic carbocycles. The summed E-state index contributed by atoms with van der Waals surface area (Å²) in [6.07, 6.45) is 7.47. The summed E-state index contributed by atoms with van der Waals surface area (Å²) < 4.78 is 5.42. The van der Waals surface area contributed by atoms with Gasteiger partial charge in [0, 0.05) is 29.8 Å². The van der Waals surface area contributed by atoms with Crippen molar-refractivity contribution in [2.24, 2.45) is 0 Å². The quantitative estimate of drug-likeness (QED) is 0.757. The summed E-state index contributed by atoms with van der Waals surface area (Å²) in [7, 11) is 1.68. The zero-order chi connectivity index (χ0) is 16.0. The predicted octanol–water partition coefficient (Wildman–Crippen LogP) is 3.71. The van der Waals surface area contributed by atoms with Crippen LogP contribution in [0.4, 0.5) is 5.69 Å². The molecule has 0 saturated carbocycles. The van der Waals surface area contributed by atoms with Crippen molar-refractivity contribution in [2.45, 2.75) is 19.4 Å². The Balaban J connectivity index is 1.99. The van der Waals surface area contributed by atoms with Gasteiger partial charge in [-0.3, -0.25) is 9.97 Å². The first kappa shape index (κ1) is 13.8. The first-order chi connectivity index (χ1) is 11.1. The summed E-state index contributed by atoms with van der Waals surface area (Å²) in [6.45, 7) is 4.33. The Hall–Kier alpha value is -2.82. The van der Waals surface area contributed by atoms with Gasteiger partial charge in [0.1, 0.15) is 5.75 Å². The number of anilines is 1. The van der Waals surface area contributed by atoms with E-state index in [1.165, 1.54) is 5.57 Å². The van der Waals surface area contributed by atoms with Crippen LogP contribution >= 0.6 is 0 Å². The lowest BCUT2D eigenvalue weighted by atomic mass is 9.91. The summed E-state index contributed by atoms with van der Waals surface area (Å²) >= 11 is 0. The second-order valence-corrected chi connectivity index (χ2v) is 6.18. The third kappa shape index (κ3) is 2.08. The molecule has 1 aromatic carbocycles. The van der Waals surface area contributed by atoms with Gasteiger partial charge in [0.2, 0.25) is 0 Å². The minimum absolute atomic E-state index is 0.204. The number of aromatic nitrogens is 3. The average Bonchev–Trinajstić information content (AvgIpc) is 3.09. The van der Waals surface area contributed by atoms with Gasteiger partial charge in [-0.25, -0.2) is 0 Å². The molecule has 3 heterocycles. The maximum absolute atomic E-state index is 5.42. The second kappa shape index (κ2) is 4.84. The Labute approximate surface area is 134 Å². The van der Waals surface area contributed by atoms with E-state index in [9.17, 15) is 0 Å². The first-order valence-corrected chi connectivity index (χ1v) is 7.56. The van der Waals surface area contributed by atoms with Crippen LogP contribution in [0.2, 0.25) is 0 Å². The Kier molecular flexibility index (Phi) is 2.91. The van der Waals surface area contributed by atoms with Crippen molar-refractivity contribution in [3.8, 4) is 5.75 Å². The standard InChI is InChI=1S/C18H18N4O/c1-18(2)11(10-14-15(23-3)6-7-19-14)16-12(22-18)4-5-13-17(16)21-9-8-20-13/h4-10,19,22H,1-3H3. The molecule has 0 amide bonds. The van der Waals surface area contributed by atoms with Crippen LogP contribution < -0.4 is 10.1 Å². The molecular formula is C18H18N4O. The zero-order valence-electron chi connectivity index (χ0n) is 13.3. The fraction of sp³-hybridized carbons (Fsp3) is 0.222. The molecule has 23 heavy (non-hydrogen) atoms. The number of fused-ring (bicyclic) bond motifs is 3. The van der Waals surface area contributed by atoms with Gasteiger partial charge in [0.25, 0.3) is 0 Å². The van der Waals surface area contributed by atoms with Crippen molar-refractivity contribution < 1.29 is 4.74 Å². The van der Waals surface area contributed by atoms with Crippen molar-refractivity contribution in [3.05, 3.63) is 48.0 Å². The third-order valence-corrected chi connectivity index (χ3v) is 4.28. The summed E-state index contributed by atoms with van der Waals surface area (Å²) in [5, 5.41) is 3.58. The normalized spacial score (nSPS) is 17.3.